The van der Waals surface area contributed by atoms with E-state index in [1.165, 1.54) is 0 Å². The molecule has 2 fully saturated rings. The van der Waals surface area contributed by atoms with E-state index in [0.29, 0.717) is 19.1 Å². The third-order valence-corrected chi connectivity index (χ3v) is 5.29. The van der Waals surface area contributed by atoms with E-state index < -0.39 is 11.8 Å². The molecular formula is C16H20F2N4O. The van der Waals surface area contributed by atoms with Crippen molar-refractivity contribution in [3.05, 3.63) is 18.1 Å². The van der Waals surface area contributed by atoms with Crippen molar-refractivity contribution in [1.82, 2.24) is 14.9 Å². The van der Waals surface area contributed by atoms with Gasteiger partial charge in [0.05, 0.1) is 11.1 Å². The average molecular weight is 322 g/mol. The second-order valence-corrected chi connectivity index (χ2v) is 7.39. The first kappa shape index (κ1) is 14.8. The van der Waals surface area contributed by atoms with Gasteiger partial charge in [-0.2, -0.15) is 0 Å². The average Bonchev–Trinajstić information content (AvgIpc) is 2.78. The topological polar surface area (TPSA) is 49.3 Å². The highest BCUT2D eigenvalue weighted by Crippen LogP contribution is 2.48. The number of nitrogens with zero attached hydrogens (tertiary/aromatic N) is 4. The van der Waals surface area contributed by atoms with E-state index in [4.69, 9.17) is 0 Å². The molecule has 1 amide bonds. The van der Waals surface area contributed by atoms with Crippen LogP contribution in [0, 0.1) is 5.92 Å². The van der Waals surface area contributed by atoms with Crippen LogP contribution in [0.25, 0.3) is 0 Å². The van der Waals surface area contributed by atoms with E-state index in [9.17, 15) is 13.6 Å². The first-order valence-corrected chi connectivity index (χ1v) is 8.06. The highest BCUT2D eigenvalue weighted by atomic mass is 19.3. The normalized spacial score (nSPS) is 24.6. The Balaban J connectivity index is 1.49. The molecule has 3 heterocycles. The largest absolute Gasteiger partial charge is 0.352 e. The molecule has 1 saturated carbocycles. The zero-order valence-corrected chi connectivity index (χ0v) is 13.3. The van der Waals surface area contributed by atoms with Gasteiger partial charge in [0.2, 0.25) is 11.8 Å². The first-order valence-electron chi connectivity index (χ1n) is 8.06. The molecule has 1 aromatic rings. The van der Waals surface area contributed by atoms with E-state index in [0.717, 1.165) is 18.1 Å². The minimum atomic E-state index is -2.65. The summed E-state index contributed by atoms with van der Waals surface area (Å²) < 4.78 is 25.9. The van der Waals surface area contributed by atoms with Gasteiger partial charge in [0.15, 0.2) is 5.82 Å². The van der Waals surface area contributed by atoms with Gasteiger partial charge in [-0.15, -0.1) is 0 Å². The van der Waals surface area contributed by atoms with E-state index in [2.05, 4.69) is 28.7 Å². The number of hydrogen-bond donors (Lipinski definition) is 0. The fourth-order valence-corrected chi connectivity index (χ4v) is 4.00. The predicted octanol–water partition coefficient (Wildman–Crippen LogP) is 1.83. The zero-order chi connectivity index (χ0) is 16.4. The molecule has 1 spiro atoms. The summed E-state index contributed by atoms with van der Waals surface area (Å²) in [5.41, 5.74) is 0.757. The Morgan fingerprint density at radius 3 is 2.48 bits per heavy atom. The number of carbonyl (C=O) groups excluding carboxylic acids is 1. The van der Waals surface area contributed by atoms with E-state index >= 15 is 0 Å². The highest BCUT2D eigenvalue weighted by molar-refractivity contribution is 5.82. The van der Waals surface area contributed by atoms with Gasteiger partial charge in [-0.05, 0) is 13.8 Å². The molecule has 0 bridgehead atoms. The first-order chi connectivity index (χ1) is 10.8. The lowest BCUT2D eigenvalue weighted by molar-refractivity contribution is -0.166. The van der Waals surface area contributed by atoms with Crippen molar-refractivity contribution in [2.24, 2.45) is 5.92 Å². The second kappa shape index (κ2) is 4.61. The van der Waals surface area contributed by atoms with Crippen molar-refractivity contribution in [3.63, 3.8) is 0 Å². The lowest BCUT2D eigenvalue weighted by Gasteiger charge is -2.50. The van der Waals surface area contributed by atoms with Crippen molar-refractivity contribution in [2.75, 3.05) is 24.5 Å². The summed E-state index contributed by atoms with van der Waals surface area (Å²) in [6.07, 6.45) is 2.76. The lowest BCUT2D eigenvalue weighted by Crippen LogP contribution is -2.65. The van der Waals surface area contributed by atoms with Gasteiger partial charge in [0.1, 0.15) is 0 Å². The van der Waals surface area contributed by atoms with Gasteiger partial charge < -0.3 is 9.80 Å². The summed E-state index contributed by atoms with van der Waals surface area (Å²) in [5, 5.41) is 0. The Kier molecular flexibility index (Phi) is 2.96. The van der Waals surface area contributed by atoms with E-state index in [1.54, 1.807) is 17.3 Å². The fourth-order valence-electron chi connectivity index (χ4n) is 4.00. The summed E-state index contributed by atoms with van der Waals surface area (Å²) >= 11 is 0. The highest BCUT2D eigenvalue weighted by Gasteiger charge is 2.58. The number of halogens is 2. The predicted molar refractivity (Wildman–Crippen MR) is 80.4 cm³/mol. The maximum atomic E-state index is 13.0. The number of alkyl halides is 2. The van der Waals surface area contributed by atoms with Gasteiger partial charge in [0.25, 0.3) is 0 Å². The molecule has 0 N–H and O–H groups in total. The van der Waals surface area contributed by atoms with Crippen molar-refractivity contribution in [3.8, 4) is 0 Å². The Hall–Kier alpha value is -1.79. The number of rotatable bonds is 2. The fraction of sp³-hybridized carbons (Fsp3) is 0.688. The van der Waals surface area contributed by atoms with Gasteiger partial charge in [-0.3, -0.25) is 9.78 Å². The number of amides is 1. The lowest BCUT2D eigenvalue weighted by atomic mass is 9.74. The summed E-state index contributed by atoms with van der Waals surface area (Å²) in [4.78, 5) is 25.2. The minimum Gasteiger partial charge on any atom is -0.352 e. The minimum absolute atomic E-state index is 0.130. The number of anilines is 1. The van der Waals surface area contributed by atoms with Crippen LogP contribution < -0.4 is 4.90 Å². The Bertz CT molecular complexity index is 649. The van der Waals surface area contributed by atoms with Crippen LogP contribution in [0.15, 0.2) is 12.4 Å². The molecule has 1 saturated heterocycles. The van der Waals surface area contributed by atoms with Crippen LogP contribution >= 0.6 is 0 Å². The molecule has 7 heteroatoms. The molecule has 0 unspecified atom stereocenters. The van der Waals surface area contributed by atoms with Crippen LogP contribution in [0.5, 0.6) is 0 Å². The Labute approximate surface area is 133 Å². The third-order valence-electron chi connectivity index (χ3n) is 5.29. The summed E-state index contributed by atoms with van der Waals surface area (Å²) in [6, 6.07) is 0.305. The third kappa shape index (κ3) is 2.12. The quantitative estimate of drug-likeness (QED) is 0.833. The monoisotopic (exact) mass is 322 g/mol. The Morgan fingerprint density at radius 1 is 1.22 bits per heavy atom. The molecule has 3 aliphatic rings. The van der Waals surface area contributed by atoms with Gasteiger partial charge in [-0.1, -0.05) is 0 Å². The summed E-state index contributed by atoms with van der Waals surface area (Å²) in [7, 11) is 0. The van der Waals surface area contributed by atoms with E-state index in [-0.39, 0.29) is 24.2 Å². The van der Waals surface area contributed by atoms with Crippen molar-refractivity contribution < 1.29 is 13.6 Å². The number of carbonyl (C=O) groups is 1. The molecule has 0 aromatic carbocycles. The smallest absolute Gasteiger partial charge is 0.249 e. The van der Waals surface area contributed by atoms with Crippen molar-refractivity contribution in [2.45, 2.75) is 44.1 Å². The molecule has 2 aliphatic heterocycles. The number of hydrogen-bond acceptors (Lipinski definition) is 4. The molecule has 0 atom stereocenters. The van der Waals surface area contributed by atoms with Crippen LogP contribution in [0.1, 0.15) is 32.4 Å². The SMILES string of the molecule is CC(C)N1CC2(CN(C(=O)C3CC(F)(F)C3)C2)c2nccnc21. The molecule has 23 heavy (non-hydrogen) atoms. The van der Waals surface area contributed by atoms with Crippen LogP contribution in [0.4, 0.5) is 14.6 Å². The molecule has 0 radical (unpaired) electrons. The standard InChI is InChI=1S/C16H20F2N4O/c1-10(2)22-9-15(12-13(22)20-4-3-19-12)7-21(8-15)14(23)11-5-16(17,18)6-11/h3-4,10-11H,5-9H2,1-2H3. The molecule has 1 aromatic heterocycles. The van der Waals surface area contributed by atoms with Crippen LogP contribution in [0.2, 0.25) is 0 Å². The molecule has 4 rings (SSSR count). The number of aromatic nitrogens is 2. The maximum Gasteiger partial charge on any atom is 0.249 e. The van der Waals surface area contributed by atoms with Gasteiger partial charge in [0, 0.05) is 56.8 Å². The van der Waals surface area contributed by atoms with Crippen molar-refractivity contribution >= 4 is 11.7 Å². The van der Waals surface area contributed by atoms with Gasteiger partial charge >= 0.3 is 0 Å². The zero-order valence-electron chi connectivity index (χ0n) is 13.3. The van der Waals surface area contributed by atoms with Gasteiger partial charge in [-0.25, -0.2) is 13.8 Å². The number of likely N-dealkylation sites (tertiary alicyclic amines) is 1. The molecule has 124 valence electrons. The number of fused-ring (bicyclic) bond motifs is 2. The molecular weight excluding hydrogens is 302 g/mol. The summed E-state index contributed by atoms with van der Waals surface area (Å²) in [5.74, 6) is -2.39. The molecule has 5 nitrogen and oxygen atoms in total. The van der Waals surface area contributed by atoms with Crippen LogP contribution in [-0.4, -0.2) is 52.4 Å². The van der Waals surface area contributed by atoms with Crippen molar-refractivity contribution in [1.29, 1.82) is 0 Å². The molecule has 1 aliphatic carbocycles. The Morgan fingerprint density at radius 2 is 1.87 bits per heavy atom. The maximum absolute atomic E-state index is 13.0. The second-order valence-electron chi connectivity index (χ2n) is 7.39. The van der Waals surface area contributed by atoms with Crippen LogP contribution in [0.3, 0.4) is 0 Å². The van der Waals surface area contributed by atoms with Crippen LogP contribution in [-0.2, 0) is 10.2 Å². The summed E-state index contributed by atoms with van der Waals surface area (Å²) in [6.45, 7) is 6.12. The van der Waals surface area contributed by atoms with E-state index in [1.807, 2.05) is 0 Å².